The van der Waals surface area contributed by atoms with Crippen LogP contribution in [0, 0.1) is 0 Å². The Morgan fingerprint density at radius 1 is 1.04 bits per heavy atom. The van der Waals surface area contributed by atoms with Crippen LogP contribution in [-0.4, -0.2) is 37.0 Å². The van der Waals surface area contributed by atoms with Gasteiger partial charge in [0.1, 0.15) is 13.1 Å². The molecule has 3 heterocycles. The first-order valence-corrected chi connectivity index (χ1v) is 9.75. The number of carbonyl (C=O) groups excluding carboxylic acids is 1. The van der Waals surface area contributed by atoms with Crippen molar-refractivity contribution in [3.05, 3.63) is 45.8 Å². The minimum atomic E-state index is 0.227. The number of amides is 1. The highest BCUT2D eigenvalue weighted by molar-refractivity contribution is 7.14. The molecule has 1 fully saturated rings. The van der Waals surface area contributed by atoms with Gasteiger partial charge in [-0.1, -0.05) is 12.5 Å². The molecule has 0 bridgehead atoms. The second-order valence-corrected chi connectivity index (χ2v) is 7.78. The molecule has 0 unspecified atom stereocenters. The molecule has 126 valence electrons. The van der Waals surface area contributed by atoms with Crippen molar-refractivity contribution < 1.29 is 9.78 Å². The third kappa shape index (κ3) is 3.18. The molecule has 0 aromatic carbocycles. The van der Waals surface area contributed by atoms with Gasteiger partial charge >= 0.3 is 0 Å². The lowest BCUT2D eigenvalue weighted by atomic mass is 10.1. The number of anilines is 1. The highest BCUT2D eigenvalue weighted by Gasteiger charge is 2.28. The number of aromatic amines is 1. The van der Waals surface area contributed by atoms with Crippen LogP contribution < -0.4 is 9.88 Å². The molecule has 4 nitrogen and oxygen atoms in total. The number of aryl methyl sites for hydroxylation is 2. The molecule has 0 saturated carbocycles. The number of carbonyl (C=O) groups is 1. The van der Waals surface area contributed by atoms with Crippen LogP contribution in [0.1, 0.15) is 39.4 Å². The summed E-state index contributed by atoms with van der Waals surface area (Å²) in [5.74, 6) is 1.36. The van der Waals surface area contributed by atoms with Crippen LogP contribution in [0.3, 0.4) is 0 Å². The zero-order chi connectivity index (χ0) is 16.4. The summed E-state index contributed by atoms with van der Waals surface area (Å²) in [6.07, 6.45) is 8.12. The van der Waals surface area contributed by atoms with Gasteiger partial charge in [-0.25, -0.2) is 4.98 Å². The van der Waals surface area contributed by atoms with E-state index in [0.29, 0.717) is 0 Å². The predicted molar refractivity (Wildman–Crippen MR) is 96.7 cm³/mol. The fourth-order valence-electron chi connectivity index (χ4n) is 3.66. The molecule has 24 heavy (non-hydrogen) atoms. The van der Waals surface area contributed by atoms with E-state index in [2.05, 4.69) is 22.0 Å². The van der Waals surface area contributed by atoms with E-state index in [1.807, 2.05) is 23.2 Å². The molecule has 1 N–H and O–H groups in total. The average molecular weight is 342 g/mol. The number of piperazine rings is 1. The van der Waals surface area contributed by atoms with Crippen LogP contribution in [0.2, 0.25) is 0 Å². The van der Waals surface area contributed by atoms with Crippen LogP contribution in [0.4, 0.5) is 5.82 Å². The predicted octanol–water partition coefficient (Wildman–Crippen LogP) is 2.79. The number of hydrogen-bond acceptors (Lipinski definition) is 3. The number of H-pyrrole nitrogens is 1. The lowest BCUT2D eigenvalue weighted by Crippen LogP contribution is -2.49. The maximum Gasteiger partial charge on any atom is 0.274 e. The molecule has 5 heteroatoms. The topological polar surface area (TPSA) is 37.7 Å². The number of rotatable bonds is 2. The molecule has 2 aromatic rings. The molecular weight excluding hydrogens is 318 g/mol. The van der Waals surface area contributed by atoms with Gasteiger partial charge < -0.3 is 4.90 Å². The first-order valence-electron chi connectivity index (χ1n) is 8.94. The van der Waals surface area contributed by atoms with Crippen molar-refractivity contribution in [2.24, 2.45) is 0 Å². The summed E-state index contributed by atoms with van der Waals surface area (Å²) in [5.41, 5.74) is 1.43. The van der Waals surface area contributed by atoms with Crippen LogP contribution in [0.25, 0.3) is 0 Å². The first kappa shape index (κ1) is 15.6. The molecule has 1 saturated heterocycles. The molecule has 1 aliphatic carbocycles. The van der Waals surface area contributed by atoms with E-state index in [1.165, 1.54) is 29.7 Å². The maximum absolute atomic E-state index is 12.9. The van der Waals surface area contributed by atoms with Crippen molar-refractivity contribution in [2.45, 2.75) is 32.1 Å². The fourth-order valence-corrected chi connectivity index (χ4v) is 4.88. The second-order valence-electron chi connectivity index (χ2n) is 6.65. The Labute approximate surface area is 147 Å². The number of nitrogens with zero attached hydrogens (tertiary/aromatic N) is 2. The highest BCUT2D eigenvalue weighted by atomic mass is 32.1. The lowest BCUT2D eigenvalue weighted by molar-refractivity contribution is -0.364. The average Bonchev–Trinajstić information content (AvgIpc) is 2.92. The van der Waals surface area contributed by atoms with Gasteiger partial charge in [-0.3, -0.25) is 9.69 Å². The third-order valence-corrected chi connectivity index (χ3v) is 6.28. The SMILES string of the molecule is O=C(c1cc2c(s1)CCCCC2)N1CCN(c2cccc[nH+]2)CC1. The summed E-state index contributed by atoms with van der Waals surface area (Å²) >= 11 is 1.74. The van der Waals surface area contributed by atoms with Crippen LogP contribution in [0.5, 0.6) is 0 Å². The third-order valence-electron chi connectivity index (χ3n) is 5.06. The van der Waals surface area contributed by atoms with Crippen molar-refractivity contribution in [2.75, 3.05) is 31.1 Å². The largest absolute Gasteiger partial charge is 0.330 e. The summed E-state index contributed by atoms with van der Waals surface area (Å²) in [4.78, 5) is 22.9. The van der Waals surface area contributed by atoms with E-state index in [1.54, 1.807) is 11.3 Å². The normalized spacial score (nSPS) is 18.2. The molecule has 2 aromatic heterocycles. The molecule has 2 aliphatic rings. The van der Waals surface area contributed by atoms with Crippen molar-refractivity contribution in [1.29, 1.82) is 0 Å². The Kier molecular flexibility index (Phi) is 4.52. The van der Waals surface area contributed by atoms with E-state index in [4.69, 9.17) is 0 Å². The van der Waals surface area contributed by atoms with E-state index < -0.39 is 0 Å². The Morgan fingerprint density at radius 3 is 2.67 bits per heavy atom. The Bertz CT molecular complexity index is 681. The zero-order valence-electron chi connectivity index (χ0n) is 14.0. The fraction of sp³-hybridized carbons (Fsp3) is 0.474. The van der Waals surface area contributed by atoms with E-state index in [0.717, 1.165) is 49.7 Å². The van der Waals surface area contributed by atoms with Gasteiger partial charge in [0.25, 0.3) is 11.7 Å². The Balaban J connectivity index is 1.41. The molecule has 0 atom stereocenters. The summed E-state index contributed by atoms with van der Waals surface area (Å²) in [6.45, 7) is 3.36. The monoisotopic (exact) mass is 342 g/mol. The van der Waals surface area contributed by atoms with Gasteiger partial charge in [0.05, 0.1) is 24.2 Å². The Hall–Kier alpha value is -1.88. The van der Waals surface area contributed by atoms with Gasteiger partial charge in [0, 0.05) is 10.9 Å². The van der Waals surface area contributed by atoms with E-state index in [9.17, 15) is 4.79 Å². The van der Waals surface area contributed by atoms with Crippen LogP contribution in [-0.2, 0) is 12.8 Å². The highest BCUT2D eigenvalue weighted by Crippen LogP contribution is 2.30. The van der Waals surface area contributed by atoms with Gasteiger partial charge in [0.2, 0.25) is 0 Å². The van der Waals surface area contributed by atoms with Crippen molar-refractivity contribution in [3.63, 3.8) is 0 Å². The quantitative estimate of drug-likeness (QED) is 0.787. The number of thiophene rings is 1. The standard InChI is InChI=1S/C19H23N3OS/c23-19(17-14-15-6-2-1-3-7-16(15)24-17)22-12-10-21(11-13-22)18-8-4-5-9-20-18/h4-5,8-9,14H,1-3,6-7,10-13H2/p+1. The van der Waals surface area contributed by atoms with Crippen molar-refractivity contribution in [1.82, 2.24) is 4.90 Å². The van der Waals surface area contributed by atoms with Gasteiger partial charge in [-0.2, -0.15) is 0 Å². The van der Waals surface area contributed by atoms with Gasteiger partial charge in [-0.05, 0) is 43.4 Å². The number of pyridine rings is 1. The Morgan fingerprint density at radius 2 is 1.88 bits per heavy atom. The molecule has 1 amide bonds. The van der Waals surface area contributed by atoms with Crippen LogP contribution in [0.15, 0.2) is 30.5 Å². The summed E-state index contributed by atoms with van der Waals surface area (Å²) < 4.78 is 0. The minimum Gasteiger partial charge on any atom is -0.330 e. The van der Waals surface area contributed by atoms with E-state index in [-0.39, 0.29) is 5.91 Å². The molecule has 0 radical (unpaired) electrons. The van der Waals surface area contributed by atoms with E-state index >= 15 is 0 Å². The summed E-state index contributed by atoms with van der Waals surface area (Å²) in [6, 6.07) is 8.30. The molecule has 4 rings (SSSR count). The number of nitrogens with one attached hydrogen (secondary N) is 1. The van der Waals surface area contributed by atoms with Crippen LogP contribution >= 0.6 is 11.3 Å². The lowest BCUT2D eigenvalue weighted by Gasteiger charge is -2.30. The second kappa shape index (κ2) is 6.93. The van der Waals surface area contributed by atoms with Gasteiger partial charge in [-0.15, -0.1) is 11.3 Å². The molecule has 1 aliphatic heterocycles. The number of fused-ring (bicyclic) bond motifs is 1. The first-order chi connectivity index (χ1) is 11.8. The minimum absolute atomic E-state index is 0.227. The number of aromatic nitrogens is 1. The summed E-state index contributed by atoms with van der Waals surface area (Å²) in [5, 5.41) is 0. The molecular formula is C19H24N3OS+. The van der Waals surface area contributed by atoms with Gasteiger partial charge in [0.15, 0.2) is 0 Å². The number of hydrogen-bond donors (Lipinski definition) is 0. The summed E-state index contributed by atoms with van der Waals surface area (Å²) in [7, 11) is 0. The molecule has 0 spiro atoms. The maximum atomic E-state index is 12.9. The smallest absolute Gasteiger partial charge is 0.274 e. The zero-order valence-corrected chi connectivity index (χ0v) is 14.8. The van der Waals surface area contributed by atoms with Crippen molar-refractivity contribution >= 4 is 23.1 Å². The van der Waals surface area contributed by atoms with Crippen molar-refractivity contribution in [3.8, 4) is 0 Å².